The Labute approximate surface area is 83.5 Å². The summed E-state index contributed by atoms with van der Waals surface area (Å²) in [6.45, 7) is 2.77. The molecule has 0 fully saturated rings. The molecule has 2 nitrogen and oxygen atoms in total. The van der Waals surface area contributed by atoms with E-state index in [9.17, 15) is 0 Å². The minimum atomic E-state index is 0.108. The van der Waals surface area contributed by atoms with Gasteiger partial charge in [-0.25, -0.2) is 0 Å². The van der Waals surface area contributed by atoms with E-state index in [0.29, 0.717) is 6.54 Å². The SMILES string of the molecule is C[C@H](CO)NCc1ccccc1Cl. The third kappa shape index (κ3) is 3.35. The number of aliphatic hydroxyl groups is 1. The van der Waals surface area contributed by atoms with E-state index in [0.717, 1.165) is 10.6 Å². The van der Waals surface area contributed by atoms with Crippen LogP contribution in [0.1, 0.15) is 12.5 Å². The van der Waals surface area contributed by atoms with Crippen LogP contribution in [0, 0.1) is 0 Å². The zero-order valence-corrected chi connectivity index (χ0v) is 8.38. The van der Waals surface area contributed by atoms with Gasteiger partial charge < -0.3 is 10.4 Å². The standard InChI is InChI=1S/C10H14ClNO/c1-8(7-13)12-6-9-4-2-3-5-10(9)11/h2-5,8,12-13H,6-7H2,1H3/t8-/m1/s1. The average molecular weight is 200 g/mol. The molecule has 0 saturated heterocycles. The minimum Gasteiger partial charge on any atom is -0.395 e. The Balaban J connectivity index is 2.50. The summed E-state index contributed by atoms with van der Waals surface area (Å²) in [7, 11) is 0. The first-order valence-electron chi connectivity index (χ1n) is 4.31. The quantitative estimate of drug-likeness (QED) is 0.776. The van der Waals surface area contributed by atoms with Crippen molar-refractivity contribution in [3.63, 3.8) is 0 Å². The van der Waals surface area contributed by atoms with E-state index in [-0.39, 0.29) is 12.6 Å². The largest absolute Gasteiger partial charge is 0.395 e. The van der Waals surface area contributed by atoms with Gasteiger partial charge in [-0.1, -0.05) is 29.8 Å². The second-order valence-electron chi connectivity index (χ2n) is 3.06. The van der Waals surface area contributed by atoms with Crippen LogP contribution < -0.4 is 5.32 Å². The van der Waals surface area contributed by atoms with Gasteiger partial charge in [-0.15, -0.1) is 0 Å². The molecular formula is C10H14ClNO. The third-order valence-electron chi connectivity index (χ3n) is 1.87. The lowest BCUT2D eigenvalue weighted by molar-refractivity contribution is 0.251. The Morgan fingerprint density at radius 2 is 2.15 bits per heavy atom. The Hall–Kier alpha value is -0.570. The predicted octanol–water partition coefficient (Wildman–Crippen LogP) is 1.81. The number of rotatable bonds is 4. The van der Waals surface area contributed by atoms with Crippen LogP contribution in [0.4, 0.5) is 0 Å². The molecule has 13 heavy (non-hydrogen) atoms. The van der Waals surface area contributed by atoms with Crippen LogP contribution >= 0.6 is 11.6 Å². The van der Waals surface area contributed by atoms with Gasteiger partial charge in [0.2, 0.25) is 0 Å². The molecule has 72 valence electrons. The first-order valence-corrected chi connectivity index (χ1v) is 4.69. The lowest BCUT2D eigenvalue weighted by atomic mass is 10.2. The van der Waals surface area contributed by atoms with Gasteiger partial charge in [-0.3, -0.25) is 0 Å². The lowest BCUT2D eigenvalue weighted by Gasteiger charge is -2.11. The van der Waals surface area contributed by atoms with E-state index in [4.69, 9.17) is 16.7 Å². The van der Waals surface area contributed by atoms with Gasteiger partial charge in [0.1, 0.15) is 0 Å². The average Bonchev–Trinajstić information content (AvgIpc) is 2.16. The van der Waals surface area contributed by atoms with E-state index in [1.165, 1.54) is 0 Å². The second-order valence-corrected chi connectivity index (χ2v) is 3.46. The maximum Gasteiger partial charge on any atom is 0.0582 e. The van der Waals surface area contributed by atoms with Crippen LogP contribution in [-0.4, -0.2) is 17.8 Å². The fraction of sp³-hybridized carbons (Fsp3) is 0.400. The van der Waals surface area contributed by atoms with Crippen LogP contribution in [0.15, 0.2) is 24.3 Å². The van der Waals surface area contributed by atoms with Gasteiger partial charge in [0.25, 0.3) is 0 Å². The number of hydrogen-bond donors (Lipinski definition) is 2. The van der Waals surface area contributed by atoms with Crippen molar-refractivity contribution >= 4 is 11.6 Å². The molecule has 0 amide bonds. The van der Waals surface area contributed by atoms with Crippen molar-refractivity contribution in [2.24, 2.45) is 0 Å². The first kappa shape index (κ1) is 10.5. The fourth-order valence-electron chi connectivity index (χ4n) is 0.990. The Morgan fingerprint density at radius 1 is 1.46 bits per heavy atom. The molecule has 0 bridgehead atoms. The van der Waals surface area contributed by atoms with Crippen molar-refractivity contribution < 1.29 is 5.11 Å². The lowest BCUT2D eigenvalue weighted by Crippen LogP contribution is -2.28. The van der Waals surface area contributed by atoms with Crippen LogP contribution in [0.25, 0.3) is 0 Å². The summed E-state index contributed by atoms with van der Waals surface area (Å²) >= 11 is 5.95. The van der Waals surface area contributed by atoms with Gasteiger partial charge in [-0.2, -0.15) is 0 Å². The number of benzene rings is 1. The highest BCUT2D eigenvalue weighted by Gasteiger charge is 2.01. The van der Waals surface area contributed by atoms with Gasteiger partial charge in [-0.05, 0) is 18.6 Å². The molecule has 1 aromatic carbocycles. The van der Waals surface area contributed by atoms with E-state index in [1.807, 2.05) is 31.2 Å². The molecule has 0 saturated carbocycles. The zero-order chi connectivity index (χ0) is 9.68. The highest BCUT2D eigenvalue weighted by Crippen LogP contribution is 2.14. The van der Waals surface area contributed by atoms with Gasteiger partial charge in [0, 0.05) is 17.6 Å². The van der Waals surface area contributed by atoms with Crippen LogP contribution in [0.5, 0.6) is 0 Å². The number of halogens is 1. The number of aliphatic hydroxyl groups excluding tert-OH is 1. The molecule has 0 spiro atoms. The van der Waals surface area contributed by atoms with Crippen LogP contribution in [0.2, 0.25) is 5.02 Å². The Bertz CT molecular complexity index is 265. The zero-order valence-electron chi connectivity index (χ0n) is 7.63. The van der Waals surface area contributed by atoms with Crippen molar-refractivity contribution in [2.45, 2.75) is 19.5 Å². The summed E-state index contributed by atoms with van der Waals surface area (Å²) in [6.07, 6.45) is 0. The van der Waals surface area contributed by atoms with Gasteiger partial charge >= 0.3 is 0 Å². The molecule has 0 radical (unpaired) electrons. The van der Waals surface area contributed by atoms with Crippen molar-refractivity contribution in [2.75, 3.05) is 6.61 Å². The summed E-state index contributed by atoms with van der Waals surface area (Å²) in [4.78, 5) is 0. The predicted molar refractivity (Wildman–Crippen MR) is 54.8 cm³/mol. The molecule has 0 aromatic heterocycles. The highest BCUT2D eigenvalue weighted by molar-refractivity contribution is 6.31. The molecular weight excluding hydrogens is 186 g/mol. The Kier molecular flexibility index (Phi) is 4.22. The molecule has 1 rings (SSSR count). The summed E-state index contributed by atoms with van der Waals surface area (Å²) < 4.78 is 0. The summed E-state index contributed by atoms with van der Waals surface area (Å²) in [5, 5.41) is 12.7. The highest BCUT2D eigenvalue weighted by atomic mass is 35.5. The van der Waals surface area contributed by atoms with Crippen LogP contribution in [-0.2, 0) is 6.54 Å². The molecule has 0 unspecified atom stereocenters. The van der Waals surface area contributed by atoms with E-state index in [2.05, 4.69) is 5.32 Å². The molecule has 0 aliphatic rings. The molecule has 0 heterocycles. The summed E-state index contributed by atoms with van der Waals surface area (Å²) in [5.41, 5.74) is 1.06. The second kappa shape index (κ2) is 5.22. The van der Waals surface area contributed by atoms with E-state index < -0.39 is 0 Å². The topological polar surface area (TPSA) is 32.3 Å². The molecule has 3 heteroatoms. The first-order chi connectivity index (χ1) is 6.24. The van der Waals surface area contributed by atoms with Gasteiger partial charge in [0.05, 0.1) is 6.61 Å². The molecule has 2 N–H and O–H groups in total. The van der Waals surface area contributed by atoms with Crippen molar-refractivity contribution in [1.82, 2.24) is 5.32 Å². The maximum atomic E-state index is 8.79. The fourth-order valence-corrected chi connectivity index (χ4v) is 1.19. The van der Waals surface area contributed by atoms with E-state index in [1.54, 1.807) is 0 Å². The number of hydrogen-bond acceptors (Lipinski definition) is 2. The van der Waals surface area contributed by atoms with Crippen molar-refractivity contribution in [3.05, 3.63) is 34.9 Å². The summed E-state index contributed by atoms with van der Waals surface area (Å²) in [5.74, 6) is 0. The van der Waals surface area contributed by atoms with Crippen molar-refractivity contribution in [3.8, 4) is 0 Å². The number of nitrogens with one attached hydrogen (secondary N) is 1. The van der Waals surface area contributed by atoms with E-state index >= 15 is 0 Å². The smallest absolute Gasteiger partial charge is 0.0582 e. The Morgan fingerprint density at radius 3 is 2.77 bits per heavy atom. The molecule has 0 aliphatic heterocycles. The summed E-state index contributed by atoms with van der Waals surface area (Å²) in [6, 6.07) is 7.80. The van der Waals surface area contributed by atoms with Crippen molar-refractivity contribution in [1.29, 1.82) is 0 Å². The molecule has 0 aliphatic carbocycles. The van der Waals surface area contributed by atoms with Crippen LogP contribution in [0.3, 0.4) is 0 Å². The monoisotopic (exact) mass is 199 g/mol. The molecule has 1 atom stereocenters. The normalized spacial score (nSPS) is 12.8. The molecule has 1 aromatic rings. The minimum absolute atomic E-state index is 0.108. The maximum absolute atomic E-state index is 8.79. The van der Waals surface area contributed by atoms with Gasteiger partial charge in [0.15, 0.2) is 0 Å². The third-order valence-corrected chi connectivity index (χ3v) is 2.24.